The Bertz CT molecular complexity index is 525. The number of benzene rings is 1. The SMILES string of the molecule is COCCn1ccnc1Nc1ccc(C)c(F)c1. The average molecular weight is 249 g/mol. The van der Waals surface area contributed by atoms with E-state index in [2.05, 4.69) is 10.3 Å². The molecule has 0 bridgehead atoms. The number of imidazole rings is 1. The number of ether oxygens (including phenoxy) is 1. The molecule has 0 radical (unpaired) electrons. The van der Waals surface area contributed by atoms with E-state index in [-0.39, 0.29) is 5.82 Å². The number of rotatable bonds is 5. The Balaban J connectivity index is 2.13. The minimum absolute atomic E-state index is 0.227. The molecule has 0 aliphatic carbocycles. The lowest BCUT2D eigenvalue weighted by molar-refractivity contribution is 0.188. The van der Waals surface area contributed by atoms with E-state index >= 15 is 0 Å². The molecule has 0 unspecified atom stereocenters. The van der Waals surface area contributed by atoms with Crippen LogP contribution in [0.25, 0.3) is 0 Å². The van der Waals surface area contributed by atoms with Gasteiger partial charge in [-0.1, -0.05) is 6.07 Å². The molecule has 0 amide bonds. The zero-order chi connectivity index (χ0) is 13.0. The van der Waals surface area contributed by atoms with Crippen LogP contribution in [0.15, 0.2) is 30.6 Å². The lowest BCUT2D eigenvalue weighted by Gasteiger charge is -2.09. The summed E-state index contributed by atoms with van der Waals surface area (Å²) in [5.41, 5.74) is 1.31. The van der Waals surface area contributed by atoms with E-state index in [1.165, 1.54) is 6.07 Å². The second-order valence-corrected chi connectivity index (χ2v) is 4.03. The second kappa shape index (κ2) is 5.64. The van der Waals surface area contributed by atoms with Gasteiger partial charge in [-0.05, 0) is 24.6 Å². The van der Waals surface area contributed by atoms with Crippen molar-refractivity contribution in [1.82, 2.24) is 9.55 Å². The van der Waals surface area contributed by atoms with Gasteiger partial charge in [-0.2, -0.15) is 0 Å². The molecular weight excluding hydrogens is 233 g/mol. The van der Waals surface area contributed by atoms with E-state index in [1.807, 2.05) is 16.8 Å². The standard InChI is InChI=1S/C13H16FN3O/c1-10-3-4-11(9-12(10)14)16-13-15-5-6-17(13)7-8-18-2/h3-6,9H,7-8H2,1-2H3,(H,15,16). The molecule has 5 heteroatoms. The number of nitrogens with zero attached hydrogens (tertiary/aromatic N) is 2. The van der Waals surface area contributed by atoms with Gasteiger partial charge in [0.1, 0.15) is 5.82 Å². The highest BCUT2D eigenvalue weighted by molar-refractivity contribution is 5.54. The predicted molar refractivity (Wildman–Crippen MR) is 68.5 cm³/mol. The molecule has 1 N–H and O–H groups in total. The van der Waals surface area contributed by atoms with Gasteiger partial charge in [0.25, 0.3) is 0 Å². The van der Waals surface area contributed by atoms with Gasteiger partial charge in [0.15, 0.2) is 0 Å². The predicted octanol–water partition coefficient (Wildman–Crippen LogP) is 2.72. The number of hydrogen-bond acceptors (Lipinski definition) is 3. The fraction of sp³-hybridized carbons (Fsp3) is 0.308. The quantitative estimate of drug-likeness (QED) is 0.885. The van der Waals surface area contributed by atoms with Crippen molar-refractivity contribution in [1.29, 1.82) is 0 Å². The first-order chi connectivity index (χ1) is 8.70. The summed E-state index contributed by atoms with van der Waals surface area (Å²) in [6, 6.07) is 5.03. The van der Waals surface area contributed by atoms with Gasteiger partial charge in [-0.15, -0.1) is 0 Å². The van der Waals surface area contributed by atoms with Crippen LogP contribution in [0.1, 0.15) is 5.56 Å². The monoisotopic (exact) mass is 249 g/mol. The van der Waals surface area contributed by atoms with Crippen molar-refractivity contribution in [2.45, 2.75) is 13.5 Å². The molecule has 1 aromatic heterocycles. The lowest BCUT2D eigenvalue weighted by atomic mass is 10.2. The molecule has 0 atom stereocenters. The molecule has 18 heavy (non-hydrogen) atoms. The van der Waals surface area contributed by atoms with Gasteiger partial charge in [-0.3, -0.25) is 0 Å². The molecule has 0 aliphatic rings. The molecule has 0 saturated carbocycles. The molecule has 2 rings (SSSR count). The number of nitrogens with one attached hydrogen (secondary N) is 1. The summed E-state index contributed by atoms with van der Waals surface area (Å²) in [5.74, 6) is 0.449. The average Bonchev–Trinajstić information content (AvgIpc) is 2.79. The molecule has 0 fully saturated rings. The van der Waals surface area contributed by atoms with E-state index in [4.69, 9.17) is 4.74 Å². The van der Waals surface area contributed by atoms with Crippen molar-refractivity contribution in [3.8, 4) is 0 Å². The second-order valence-electron chi connectivity index (χ2n) is 4.03. The fourth-order valence-electron chi connectivity index (χ4n) is 1.60. The summed E-state index contributed by atoms with van der Waals surface area (Å²) in [6.07, 6.45) is 3.55. The molecule has 4 nitrogen and oxygen atoms in total. The molecule has 1 aromatic carbocycles. The highest BCUT2D eigenvalue weighted by atomic mass is 19.1. The van der Waals surface area contributed by atoms with Crippen LogP contribution >= 0.6 is 0 Å². The largest absolute Gasteiger partial charge is 0.383 e. The van der Waals surface area contributed by atoms with Crippen molar-refractivity contribution in [3.63, 3.8) is 0 Å². The van der Waals surface area contributed by atoms with Gasteiger partial charge < -0.3 is 14.6 Å². The minimum atomic E-state index is -0.227. The maximum Gasteiger partial charge on any atom is 0.207 e. The normalized spacial score (nSPS) is 10.6. The van der Waals surface area contributed by atoms with Crippen LogP contribution in [-0.4, -0.2) is 23.3 Å². The summed E-state index contributed by atoms with van der Waals surface area (Å²) < 4.78 is 20.4. The topological polar surface area (TPSA) is 39.1 Å². The smallest absolute Gasteiger partial charge is 0.207 e. The Morgan fingerprint density at radius 1 is 1.44 bits per heavy atom. The van der Waals surface area contributed by atoms with Crippen molar-refractivity contribution >= 4 is 11.6 Å². The zero-order valence-corrected chi connectivity index (χ0v) is 10.5. The number of anilines is 2. The molecule has 2 aromatic rings. The third-order valence-corrected chi connectivity index (χ3v) is 2.68. The van der Waals surface area contributed by atoms with Crippen LogP contribution in [0, 0.1) is 12.7 Å². The molecule has 1 heterocycles. The first-order valence-corrected chi connectivity index (χ1v) is 5.74. The Morgan fingerprint density at radius 3 is 3.00 bits per heavy atom. The highest BCUT2D eigenvalue weighted by Crippen LogP contribution is 2.18. The lowest BCUT2D eigenvalue weighted by Crippen LogP contribution is -2.07. The van der Waals surface area contributed by atoms with Crippen LogP contribution in [0.2, 0.25) is 0 Å². The van der Waals surface area contributed by atoms with Crippen molar-refractivity contribution in [2.24, 2.45) is 0 Å². The van der Waals surface area contributed by atoms with E-state index in [0.717, 1.165) is 0 Å². The zero-order valence-electron chi connectivity index (χ0n) is 10.5. The van der Waals surface area contributed by atoms with Gasteiger partial charge in [-0.25, -0.2) is 9.37 Å². The Hall–Kier alpha value is -1.88. The first-order valence-electron chi connectivity index (χ1n) is 5.74. The van der Waals surface area contributed by atoms with Crippen LogP contribution < -0.4 is 5.32 Å². The van der Waals surface area contributed by atoms with Crippen LogP contribution in [0.3, 0.4) is 0 Å². The number of hydrogen-bond donors (Lipinski definition) is 1. The van der Waals surface area contributed by atoms with Crippen LogP contribution in [-0.2, 0) is 11.3 Å². The highest BCUT2D eigenvalue weighted by Gasteiger charge is 2.04. The fourth-order valence-corrected chi connectivity index (χ4v) is 1.60. The van der Waals surface area contributed by atoms with Crippen molar-refractivity contribution < 1.29 is 9.13 Å². The van der Waals surface area contributed by atoms with E-state index < -0.39 is 0 Å². The van der Waals surface area contributed by atoms with Gasteiger partial charge in [0.2, 0.25) is 5.95 Å². The van der Waals surface area contributed by atoms with Crippen LogP contribution in [0.5, 0.6) is 0 Å². The van der Waals surface area contributed by atoms with Gasteiger partial charge in [0.05, 0.1) is 6.61 Å². The summed E-state index contributed by atoms with van der Waals surface area (Å²) in [6.45, 7) is 3.04. The number of aromatic nitrogens is 2. The summed E-state index contributed by atoms with van der Waals surface area (Å²) in [5, 5.41) is 3.09. The number of halogens is 1. The van der Waals surface area contributed by atoms with E-state index in [9.17, 15) is 4.39 Å². The molecule has 96 valence electrons. The van der Waals surface area contributed by atoms with Gasteiger partial charge in [0, 0.05) is 31.7 Å². The van der Waals surface area contributed by atoms with Crippen LogP contribution in [0.4, 0.5) is 16.0 Å². The Kier molecular flexibility index (Phi) is 3.94. The molecule has 0 saturated heterocycles. The third-order valence-electron chi connectivity index (χ3n) is 2.68. The Morgan fingerprint density at radius 2 is 2.28 bits per heavy atom. The first kappa shape index (κ1) is 12.6. The van der Waals surface area contributed by atoms with E-state index in [1.54, 1.807) is 26.3 Å². The molecule has 0 aliphatic heterocycles. The summed E-state index contributed by atoms with van der Waals surface area (Å²) in [4.78, 5) is 4.19. The maximum atomic E-state index is 13.4. The molecule has 0 spiro atoms. The van der Waals surface area contributed by atoms with Crippen molar-refractivity contribution in [2.75, 3.05) is 19.0 Å². The van der Waals surface area contributed by atoms with E-state index in [0.29, 0.717) is 30.4 Å². The maximum absolute atomic E-state index is 13.4. The minimum Gasteiger partial charge on any atom is -0.383 e. The summed E-state index contributed by atoms with van der Waals surface area (Å²) in [7, 11) is 1.65. The molecular formula is C13H16FN3O. The number of methoxy groups -OCH3 is 1. The summed E-state index contributed by atoms with van der Waals surface area (Å²) >= 11 is 0. The Labute approximate surface area is 105 Å². The van der Waals surface area contributed by atoms with Gasteiger partial charge >= 0.3 is 0 Å². The third kappa shape index (κ3) is 2.87. The number of aryl methyl sites for hydroxylation is 1. The van der Waals surface area contributed by atoms with Crippen molar-refractivity contribution in [3.05, 3.63) is 42.0 Å².